The summed E-state index contributed by atoms with van der Waals surface area (Å²) in [6.45, 7) is 0. The second kappa shape index (κ2) is 3.70. The van der Waals surface area contributed by atoms with Crippen LogP contribution in [0.1, 0.15) is 0 Å². The summed E-state index contributed by atoms with van der Waals surface area (Å²) in [7, 11) is 0. The van der Waals surface area contributed by atoms with Crippen molar-refractivity contribution in [3.63, 3.8) is 0 Å². The first-order valence-electron chi connectivity index (χ1n) is 3.75. The smallest absolute Gasteiger partial charge is 0.315 e. The second-order valence-corrected chi connectivity index (χ2v) is 2.97. The van der Waals surface area contributed by atoms with Crippen LogP contribution in [-0.4, -0.2) is 31.4 Å². The first-order chi connectivity index (χ1) is 6.81. The van der Waals surface area contributed by atoms with E-state index in [9.17, 15) is 4.79 Å². The van der Waals surface area contributed by atoms with Gasteiger partial charge in [0.2, 0.25) is 5.65 Å². The van der Waals surface area contributed by atoms with Crippen molar-refractivity contribution in [2.45, 2.75) is 0 Å². The fourth-order valence-electron chi connectivity index (χ4n) is 0.927. The number of nitrogens with zero attached hydrogens (tertiary/aromatic N) is 4. The Morgan fingerprint density at radius 3 is 3.29 bits per heavy atom. The third kappa shape index (κ3) is 1.58. The van der Waals surface area contributed by atoms with Crippen LogP contribution in [-0.2, 0) is 4.79 Å². The molecule has 0 atom stereocenters. The van der Waals surface area contributed by atoms with Crippen molar-refractivity contribution in [3.8, 4) is 0 Å². The van der Waals surface area contributed by atoms with Crippen LogP contribution in [0.5, 0.6) is 0 Å². The predicted molar refractivity (Wildman–Crippen MR) is 50.7 cm³/mol. The Labute approximate surface area is 87.0 Å². The zero-order valence-corrected chi connectivity index (χ0v) is 8.51. The highest BCUT2D eigenvalue weighted by Gasteiger charge is 2.08. The van der Waals surface area contributed by atoms with E-state index in [1.54, 1.807) is 18.3 Å². The molecule has 0 spiro atoms. The Hall–Kier alpha value is -1.50. The molecule has 0 amide bonds. The van der Waals surface area contributed by atoms with Crippen LogP contribution >= 0.6 is 15.9 Å². The Bertz CT molecular complexity index is 469. The summed E-state index contributed by atoms with van der Waals surface area (Å²) in [6, 6.07) is 3.46. The van der Waals surface area contributed by atoms with Gasteiger partial charge in [0.15, 0.2) is 0 Å². The van der Waals surface area contributed by atoms with Gasteiger partial charge in [0.05, 0.1) is 0 Å². The van der Waals surface area contributed by atoms with Crippen molar-refractivity contribution in [3.05, 3.63) is 18.3 Å². The van der Waals surface area contributed by atoms with Crippen LogP contribution in [0.25, 0.3) is 11.2 Å². The SMILES string of the molecule is O=C(CBr)On1nnc2cccnc21. The average molecular weight is 257 g/mol. The van der Waals surface area contributed by atoms with E-state index < -0.39 is 5.97 Å². The highest BCUT2D eigenvalue weighted by atomic mass is 79.9. The summed E-state index contributed by atoms with van der Waals surface area (Å²) in [4.78, 5) is 20.7. The van der Waals surface area contributed by atoms with Gasteiger partial charge in [-0.05, 0) is 22.2 Å². The maximum atomic E-state index is 10.9. The quantitative estimate of drug-likeness (QED) is 0.566. The average Bonchev–Trinajstić information content (AvgIpc) is 2.62. The van der Waals surface area contributed by atoms with Crippen LogP contribution in [0.3, 0.4) is 0 Å². The molecule has 0 N–H and O–H groups in total. The molecule has 0 saturated heterocycles. The Balaban J connectivity index is 2.38. The summed E-state index contributed by atoms with van der Waals surface area (Å²) < 4.78 is 0. The number of rotatable bonds is 2. The molecular weight excluding hydrogens is 252 g/mol. The third-order valence-corrected chi connectivity index (χ3v) is 1.94. The molecule has 0 unspecified atom stereocenters. The van der Waals surface area contributed by atoms with Crippen molar-refractivity contribution in [1.82, 2.24) is 20.1 Å². The van der Waals surface area contributed by atoms with E-state index in [0.29, 0.717) is 11.2 Å². The van der Waals surface area contributed by atoms with E-state index in [-0.39, 0.29) is 5.33 Å². The van der Waals surface area contributed by atoms with Gasteiger partial charge < -0.3 is 4.84 Å². The molecule has 14 heavy (non-hydrogen) atoms. The molecule has 2 aromatic rings. The molecule has 2 aromatic heterocycles. The first kappa shape index (κ1) is 9.07. The molecule has 0 aliphatic rings. The largest absolute Gasteiger partial charge is 0.345 e. The van der Waals surface area contributed by atoms with Crippen LogP contribution in [0, 0.1) is 0 Å². The topological polar surface area (TPSA) is 69.9 Å². The Kier molecular flexibility index (Phi) is 2.40. The van der Waals surface area contributed by atoms with Gasteiger partial charge >= 0.3 is 5.97 Å². The lowest BCUT2D eigenvalue weighted by molar-refractivity contribution is -0.142. The van der Waals surface area contributed by atoms with Gasteiger partial charge in [-0.15, -0.1) is 5.10 Å². The van der Waals surface area contributed by atoms with Crippen molar-refractivity contribution in [2.75, 3.05) is 5.33 Å². The number of alkyl halides is 1. The lowest BCUT2D eigenvalue weighted by Crippen LogP contribution is -2.21. The van der Waals surface area contributed by atoms with Crippen LogP contribution in [0.15, 0.2) is 18.3 Å². The summed E-state index contributed by atoms with van der Waals surface area (Å²) in [5.74, 6) is -0.456. The van der Waals surface area contributed by atoms with E-state index in [1.165, 1.54) is 0 Å². The monoisotopic (exact) mass is 256 g/mol. The summed E-state index contributed by atoms with van der Waals surface area (Å²) >= 11 is 2.97. The Morgan fingerprint density at radius 2 is 2.50 bits per heavy atom. The summed E-state index contributed by atoms with van der Waals surface area (Å²) in [5.41, 5.74) is 0.997. The number of hydrogen-bond acceptors (Lipinski definition) is 5. The molecule has 2 rings (SSSR count). The number of hydrogen-bond donors (Lipinski definition) is 0. The minimum Gasteiger partial charge on any atom is -0.315 e. The first-order valence-corrected chi connectivity index (χ1v) is 4.87. The molecule has 0 saturated carbocycles. The highest BCUT2D eigenvalue weighted by Crippen LogP contribution is 2.04. The number of carbonyl (C=O) groups is 1. The molecule has 0 aromatic carbocycles. The van der Waals surface area contributed by atoms with Gasteiger partial charge in [0.25, 0.3) is 0 Å². The van der Waals surface area contributed by atoms with Crippen molar-refractivity contribution in [1.29, 1.82) is 0 Å². The van der Waals surface area contributed by atoms with Gasteiger partial charge in [0, 0.05) is 6.20 Å². The van der Waals surface area contributed by atoms with Gasteiger partial charge in [-0.2, -0.15) is 0 Å². The molecule has 0 aliphatic heterocycles. The molecule has 0 aliphatic carbocycles. The summed E-state index contributed by atoms with van der Waals surface area (Å²) in [6.07, 6.45) is 1.57. The van der Waals surface area contributed by atoms with E-state index >= 15 is 0 Å². The lowest BCUT2D eigenvalue weighted by Gasteiger charge is -1.98. The van der Waals surface area contributed by atoms with Crippen LogP contribution in [0.2, 0.25) is 0 Å². The van der Waals surface area contributed by atoms with Gasteiger partial charge in [0.1, 0.15) is 10.8 Å². The molecule has 2 heterocycles. The maximum absolute atomic E-state index is 10.9. The summed E-state index contributed by atoms with van der Waals surface area (Å²) in [5, 5.41) is 7.49. The molecule has 7 heteroatoms. The minimum atomic E-state index is -0.456. The molecule has 0 radical (unpaired) electrons. The normalized spacial score (nSPS) is 10.4. The number of pyridine rings is 1. The van der Waals surface area contributed by atoms with Crippen LogP contribution in [0.4, 0.5) is 0 Å². The Morgan fingerprint density at radius 1 is 1.64 bits per heavy atom. The molecule has 6 nitrogen and oxygen atoms in total. The van der Waals surface area contributed by atoms with Gasteiger partial charge in [-0.25, -0.2) is 9.78 Å². The highest BCUT2D eigenvalue weighted by molar-refractivity contribution is 9.09. The molecule has 0 fully saturated rings. The molecular formula is C7H5BrN4O2. The fraction of sp³-hybridized carbons (Fsp3) is 0.143. The molecule has 0 bridgehead atoms. The van der Waals surface area contributed by atoms with Crippen molar-refractivity contribution >= 4 is 33.1 Å². The number of carbonyl (C=O) groups excluding carboxylic acids is 1. The fourth-order valence-corrected chi connectivity index (χ4v) is 1.03. The minimum absolute atomic E-state index is 0.0984. The maximum Gasteiger partial charge on any atom is 0.345 e. The van der Waals surface area contributed by atoms with Gasteiger partial charge in [-0.1, -0.05) is 15.9 Å². The number of fused-ring (bicyclic) bond motifs is 1. The zero-order valence-electron chi connectivity index (χ0n) is 6.92. The third-order valence-electron chi connectivity index (χ3n) is 1.48. The van der Waals surface area contributed by atoms with Gasteiger partial charge in [-0.3, -0.25) is 0 Å². The lowest BCUT2D eigenvalue weighted by atomic mass is 10.4. The predicted octanol–water partition coefficient (Wildman–Crippen LogP) is 0.176. The van der Waals surface area contributed by atoms with Crippen LogP contribution < -0.4 is 4.84 Å². The number of aromatic nitrogens is 4. The van der Waals surface area contributed by atoms with Crippen molar-refractivity contribution in [2.24, 2.45) is 0 Å². The van der Waals surface area contributed by atoms with Crippen molar-refractivity contribution < 1.29 is 9.63 Å². The molecule has 72 valence electrons. The zero-order chi connectivity index (χ0) is 9.97. The number of halogens is 1. The van der Waals surface area contributed by atoms with E-state index in [2.05, 4.69) is 31.2 Å². The van der Waals surface area contributed by atoms with E-state index in [4.69, 9.17) is 4.84 Å². The standard InChI is InChI=1S/C7H5BrN4O2/c8-4-6(13)14-12-7-5(10-11-12)2-1-3-9-7/h1-3H,4H2. The second-order valence-electron chi connectivity index (χ2n) is 2.41. The van der Waals surface area contributed by atoms with E-state index in [1.807, 2.05) is 0 Å². The van der Waals surface area contributed by atoms with E-state index in [0.717, 1.165) is 4.85 Å².